The van der Waals surface area contributed by atoms with E-state index in [1.807, 2.05) is 30.3 Å². The molecule has 0 saturated heterocycles. The molecule has 0 saturated carbocycles. The lowest BCUT2D eigenvalue weighted by atomic mass is 10.1. The Bertz CT molecular complexity index is 845. The van der Waals surface area contributed by atoms with E-state index in [9.17, 15) is 10.2 Å². The maximum atomic E-state index is 10.3. The fourth-order valence-electron chi connectivity index (χ4n) is 2.33. The van der Waals surface area contributed by atoms with Crippen molar-refractivity contribution < 1.29 is 10.2 Å². The summed E-state index contributed by atoms with van der Waals surface area (Å²) >= 11 is 6.14. The smallest absolute Gasteiger partial charge is 0.150 e. The van der Waals surface area contributed by atoms with E-state index in [-0.39, 0.29) is 22.2 Å². The predicted octanol–water partition coefficient (Wildman–Crippen LogP) is 4.85. The van der Waals surface area contributed by atoms with Crippen LogP contribution in [0.1, 0.15) is 5.56 Å². The van der Waals surface area contributed by atoms with Crippen molar-refractivity contribution in [2.24, 2.45) is 4.99 Å². The Morgan fingerprint density at radius 3 is 2.14 bits per heavy atom. The highest BCUT2D eigenvalue weighted by atomic mass is 35.5. The summed E-state index contributed by atoms with van der Waals surface area (Å²) in [6, 6.07) is 16.8. The maximum Gasteiger partial charge on any atom is 0.150 e. The summed E-state index contributed by atoms with van der Waals surface area (Å²) in [6.07, 6.45) is 2.29. The lowest BCUT2D eigenvalue weighted by molar-refractivity contribution is 0.471. The van der Waals surface area contributed by atoms with E-state index < -0.39 is 0 Å². The van der Waals surface area contributed by atoms with Crippen LogP contribution in [-0.2, 0) is 6.42 Å². The van der Waals surface area contributed by atoms with Gasteiger partial charge in [0.1, 0.15) is 16.5 Å². The number of aromatic hydroxyl groups is 2. The molecule has 110 valence electrons. The molecule has 0 aromatic heterocycles. The van der Waals surface area contributed by atoms with Gasteiger partial charge in [-0.15, -0.1) is 0 Å². The number of halogens is 1. The van der Waals surface area contributed by atoms with E-state index in [1.165, 1.54) is 0 Å². The lowest BCUT2D eigenvalue weighted by Crippen LogP contribution is -1.85. The van der Waals surface area contributed by atoms with Crippen molar-refractivity contribution in [2.45, 2.75) is 6.42 Å². The molecule has 0 aliphatic carbocycles. The third-order valence-corrected chi connectivity index (χ3v) is 3.83. The second-order valence-corrected chi connectivity index (χ2v) is 5.28. The van der Waals surface area contributed by atoms with Gasteiger partial charge in [-0.25, -0.2) is 0 Å². The van der Waals surface area contributed by atoms with E-state index >= 15 is 0 Å². The fourth-order valence-corrected chi connectivity index (χ4v) is 2.57. The highest BCUT2D eigenvalue weighted by molar-refractivity contribution is 6.36. The standard InChI is InChI=1S/C18H14ClNO2/c19-15-16(20-11-10-12-6-2-1-3-7-12)18(22)14-9-5-4-8-13(14)17(15)21/h1-9,11,21-22H,10H2. The van der Waals surface area contributed by atoms with E-state index in [2.05, 4.69) is 4.99 Å². The molecule has 0 heterocycles. The van der Waals surface area contributed by atoms with Crippen LogP contribution in [0.4, 0.5) is 5.69 Å². The second-order valence-electron chi connectivity index (χ2n) is 4.91. The molecule has 0 bridgehead atoms. The Morgan fingerprint density at radius 2 is 1.45 bits per heavy atom. The average Bonchev–Trinajstić information content (AvgIpc) is 2.57. The van der Waals surface area contributed by atoms with Gasteiger partial charge in [0.2, 0.25) is 0 Å². The molecule has 0 unspecified atom stereocenters. The summed E-state index contributed by atoms with van der Waals surface area (Å²) in [4.78, 5) is 4.24. The Labute approximate surface area is 133 Å². The predicted molar refractivity (Wildman–Crippen MR) is 90.6 cm³/mol. The first-order chi connectivity index (χ1) is 10.7. The summed E-state index contributed by atoms with van der Waals surface area (Å²) in [5.74, 6) is -0.0929. The summed E-state index contributed by atoms with van der Waals surface area (Å²) in [7, 11) is 0. The molecular formula is C18H14ClNO2. The average molecular weight is 312 g/mol. The van der Waals surface area contributed by atoms with Crippen LogP contribution in [0.15, 0.2) is 59.6 Å². The van der Waals surface area contributed by atoms with Crippen molar-refractivity contribution in [3.05, 3.63) is 65.2 Å². The first-order valence-electron chi connectivity index (χ1n) is 6.87. The molecule has 3 nitrogen and oxygen atoms in total. The van der Waals surface area contributed by atoms with Crippen LogP contribution >= 0.6 is 11.6 Å². The quantitative estimate of drug-likeness (QED) is 0.536. The zero-order valence-corrected chi connectivity index (χ0v) is 12.5. The number of fused-ring (bicyclic) bond motifs is 1. The minimum absolute atomic E-state index is 0.0253. The van der Waals surface area contributed by atoms with Crippen molar-refractivity contribution in [3.63, 3.8) is 0 Å². The van der Waals surface area contributed by atoms with Crippen LogP contribution in [-0.4, -0.2) is 16.4 Å². The number of aliphatic imine (C=N–C) groups is 1. The van der Waals surface area contributed by atoms with Gasteiger partial charge in [0, 0.05) is 23.4 Å². The Kier molecular flexibility index (Phi) is 3.98. The van der Waals surface area contributed by atoms with Crippen LogP contribution < -0.4 is 0 Å². The number of phenols is 2. The minimum Gasteiger partial charge on any atom is -0.506 e. The molecule has 22 heavy (non-hydrogen) atoms. The number of hydrogen-bond acceptors (Lipinski definition) is 3. The van der Waals surface area contributed by atoms with Gasteiger partial charge in [-0.1, -0.05) is 66.2 Å². The largest absolute Gasteiger partial charge is 0.506 e. The van der Waals surface area contributed by atoms with Crippen molar-refractivity contribution >= 4 is 34.3 Å². The summed E-state index contributed by atoms with van der Waals surface area (Å²) in [5, 5.41) is 21.6. The van der Waals surface area contributed by atoms with Crippen molar-refractivity contribution in [2.75, 3.05) is 0 Å². The highest BCUT2D eigenvalue weighted by Crippen LogP contribution is 2.47. The zero-order valence-electron chi connectivity index (χ0n) is 11.7. The summed E-state index contributed by atoms with van der Waals surface area (Å²) < 4.78 is 0. The highest BCUT2D eigenvalue weighted by Gasteiger charge is 2.16. The third kappa shape index (κ3) is 2.63. The van der Waals surface area contributed by atoms with Crippen LogP contribution in [0.2, 0.25) is 5.02 Å². The molecule has 0 radical (unpaired) electrons. The van der Waals surface area contributed by atoms with Gasteiger partial charge in [-0.3, -0.25) is 4.99 Å². The normalized spacial score (nSPS) is 11.3. The number of phenolic OH excluding ortho intramolecular Hbond substituents is 2. The molecule has 0 atom stereocenters. The molecule has 2 N–H and O–H groups in total. The van der Waals surface area contributed by atoms with Crippen LogP contribution in [0, 0.1) is 0 Å². The summed E-state index contributed by atoms with van der Waals surface area (Å²) in [6.45, 7) is 0. The van der Waals surface area contributed by atoms with Crippen molar-refractivity contribution in [1.29, 1.82) is 0 Å². The fraction of sp³-hybridized carbons (Fsp3) is 0.0556. The lowest BCUT2D eigenvalue weighted by Gasteiger charge is -2.09. The van der Waals surface area contributed by atoms with E-state index in [0.29, 0.717) is 17.2 Å². The van der Waals surface area contributed by atoms with E-state index in [4.69, 9.17) is 11.6 Å². The number of nitrogens with zero attached hydrogens (tertiary/aromatic N) is 1. The van der Waals surface area contributed by atoms with Gasteiger partial charge in [0.15, 0.2) is 5.75 Å². The van der Waals surface area contributed by atoms with E-state index in [1.54, 1.807) is 30.5 Å². The monoisotopic (exact) mass is 311 g/mol. The first kappa shape index (κ1) is 14.4. The van der Waals surface area contributed by atoms with Crippen LogP contribution in [0.3, 0.4) is 0 Å². The van der Waals surface area contributed by atoms with Crippen molar-refractivity contribution in [3.8, 4) is 11.5 Å². The molecule has 3 rings (SSSR count). The summed E-state index contributed by atoms with van der Waals surface area (Å²) in [5.41, 5.74) is 1.29. The number of benzene rings is 3. The molecule has 3 aromatic carbocycles. The van der Waals surface area contributed by atoms with Gasteiger partial charge in [-0.05, 0) is 5.56 Å². The SMILES string of the molecule is Oc1c(Cl)c(N=CCc2ccccc2)c(O)c2ccccc12. The third-order valence-electron chi connectivity index (χ3n) is 3.47. The van der Waals surface area contributed by atoms with Gasteiger partial charge in [0.25, 0.3) is 0 Å². The molecule has 0 aliphatic rings. The molecular weight excluding hydrogens is 298 g/mol. The molecule has 3 aromatic rings. The van der Waals surface area contributed by atoms with Gasteiger partial charge < -0.3 is 10.2 Å². The number of rotatable bonds is 3. The minimum atomic E-state index is -0.0677. The molecule has 0 aliphatic heterocycles. The number of hydrogen-bond donors (Lipinski definition) is 2. The molecule has 0 amide bonds. The molecule has 0 spiro atoms. The Hall–Kier alpha value is -2.52. The van der Waals surface area contributed by atoms with Gasteiger partial charge >= 0.3 is 0 Å². The van der Waals surface area contributed by atoms with Gasteiger partial charge in [-0.2, -0.15) is 0 Å². The Balaban J connectivity index is 2.00. The topological polar surface area (TPSA) is 52.8 Å². The Morgan fingerprint density at radius 1 is 0.864 bits per heavy atom. The van der Waals surface area contributed by atoms with E-state index in [0.717, 1.165) is 5.56 Å². The molecule has 0 fully saturated rings. The first-order valence-corrected chi connectivity index (χ1v) is 7.25. The second kappa shape index (κ2) is 6.08. The van der Waals surface area contributed by atoms with Gasteiger partial charge in [0.05, 0.1) is 0 Å². The maximum absolute atomic E-state index is 10.3. The zero-order chi connectivity index (χ0) is 15.5. The van der Waals surface area contributed by atoms with Crippen molar-refractivity contribution in [1.82, 2.24) is 0 Å². The molecule has 4 heteroatoms. The van der Waals surface area contributed by atoms with Crippen LogP contribution in [0.5, 0.6) is 11.5 Å². The van der Waals surface area contributed by atoms with Crippen LogP contribution in [0.25, 0.3) is 10.8 Å².